The number of nitrogens with zero attached hydrogens (tertiary/aromatic N) is 1. The monoisotopic (exact) mass is 427 g/mol. The lowest BCUT2D eigenvalue weighted by Crippen LogP contribution is -2.10. The normalized spacial score (nSPS) is 12.6. The van der Waals surface area contributed by atoms with Gasteiger partial charge in [0, 0.05) is 0 Å². The molecule has 1 atom stereocenters. The van der Waals surface area contributed by atoms with E-state index in [1.807, 2.05) is 0 Å². The van der Waals surface area contributed by atoms with Gasteiger partial charge in [0.2, 0.25) is 0 Å². The first-order valence-electron chi connectivity index (χ1n) is 8.40. The molecule has 0 radical (unpaired) electrons. The van der Waals surface area contributed by atoms with E-state index in [0.717, 1.165) is 5.39 Å². The van der Waals surface area contributed by atoms with Gasteiger partial charge < -0.3 is 9.47 Å². The van der Waals surface area contributed by atoms with E-state index < -0.39 is 34.4 Å². The molecule has 0 fully saturated rings. The van der Waals surface area contributed by atoms with Crippen molar-refractivity contribution >= 4 is 22.4 Å². The highest BCUT2D eigenvalue weighted by molar-refractivity contribution is 6.32. The number of alkyl halides is 3. The number of hydrogen-bond acceptors (Lipinski definition) is 4. The van der Waals surface area contributed by atoms with Crippen LogP contribution >= 0.6 is 11.6 Å². The van der Waals surface area contributed by atoms with Gasteiger partial charge in [0.25, 0.3) is 0 Å². The molecule has 0 heterocycles. The molecule has 152 valence electrons. The van der Waals surface area contributed by atoms with Crippen LogP contribution in [0.5, 0.6) is 17.2 Å². The molecule has 0 saturated carbocycles. The van der Waals surface area contributed by atoms with E-state index in [9.17, 15) is 22.5 Å². The number of fused-ring (bicyclic) bond motifs is 1. The van der Waals surface area contributed by atoms with Crippen LogP contribution in [0.2, 0.25) is 5.02 Å². The first kappa shape index (κ1) is 20.9. The molecule has 4 nitrogen and oxygen atoms in total. The Kier molecular flexibility index (Phi) is 5.93. The highest BCUT2D eigenvalue weighted by Crippen LogP contribution is 2.39. The molecule has 0 bridgehead atoms. The number of hydrogen-bond donors (Lipinski definition) is 0. The van der Waals surface area contributed by atoms with Gasteiger partial charge in [-0.3, -0.25) is 0 Å². The summed E-state index contributed by atoms with van der Waals surface area (Å²) in [5, 5.41) is 3.86. The molecule has 0 aliphatic carbocycles. The number of halogens is 5. The number of benzene rings is 3. The smallest absolute Gasteiger partial charge is 0.416 e. The molecule has 0 amide bonds. The van der Waals surface area contributed by atoms with Crippen molar-refractivity contribution in [2.75, 3.05) is 6.61 Å². The maximum atomic E-state index is 14.2. The van der Waals surface area contributed by atoms with Crippen molar-refractivity contribution in [1.29, 1.82) is 0 Å². The van der Waals surface area contributed by atoms with Gasteiger partial charge in [0.15, 0.2) is 11.6 Å². The van der Waals surface area contributed by atoms with Gasteiger partial charge in [0.1, 0.15) is 24.1 Å². The summed E-state index contributed by atoms with van der Waals surface area (Å²) in [7, 11) is 0. The largest absolute Gasteiger partial charge is 0.491 e. The van der Waals surface area contributed by atoms with Gasteiger partial charge in [-0.15, -0.1) is 0 Å². The highest BCUT2D eigenvalue weighted by atomic mass is 35.5. The van der Waals surface area contributed by atoms with Crippen LogP contribution in [0.25, 0.3) is 10.8 Å². The number of nitroso groups, excluding NO2 is 1. The van der Waals surface area contributed by atoms with Crippen molar-refractivity contribution in [3.8, 4) is 17.2 Å². The van der Waals surface area contributed by atoms with Gasteiger partial charge in [-0.1, -0.05) is 28.9 Å². The predicted octanol–water partition coefficient (Wildman–Crippen LogP) is 6.98. The Hall–Kier alpha value is -2.87. The van der Waals surface area contributed by atoms with Gasteiger partial charge in [0.05, 0.1) is 10.6 Å². The SMILES string of the molecule is CC(COc1ccc2ccc(Oc3c(F)cc(C(F)(F)F)cc3Cl)cc2c1)N=O. The van der Waals surface area contributed by atoms with E-state index >= 15 is 0 Å². The van der Waals surface area contributed by atoms with Crippen molar-refractivity contribution in [3.05, 3.63) is 69.8 Å². The zero-order valence-corrected chi connectivity index (χ0v) is 15.7. The van der Waals surface area contributed by atoms with Crippen LogP contribution in [0.15, 0.2) is 53.7 Å². The second-order valence-electron chi connectivity index (χ2n) is 6.31. The Bertz CT molecular complexity index is 1030. The lowest BCUT2D eigenvalue weighted by molar-refractivity contribution is -0.137. The maximum absolute atomic E-state index is 14.2. The second-order valence-corrected chi connectivity index (χ2v) is 6.71. The van der Waals surface area contributed by atoms with Crippen molar-refractivity contribution in [3.63, 3.8) is 0 Å². The summed E-state index contributed by atoms with van der Waals surface area (Å²) in [6, 6.07) is 10.4. The molecule has 0 aliphatic heterocycles. The van der Waals surface area contributed by atoms with Gasteiger partial charge >= 0.3 is 6.18 Å². The van der Waals surface area contributed by atoms with E-state index in [2.05, 4.69) is 5.18 Å². The third-order valence-electron chi connectivity index (χ3n) is 4.00. The van der Waals surface area contributed by atoms with Gasteiger partial charge in [-0.25, -0.2) is 4.39 Å². The standard InChI is InChI=1S/C20H14ClF4NO3/c1-11(26-27)10-28-15-4-2-12-3-5-16(7-13(12)6-15)29-19-17(21)8-14(9-18(19)22)20(23,24)25/h2-9,11H,10H2,1H3. The number of ether oxygens (including phenoxy) is 2. The second kappa shape index (κ2) is 8.24. The number of rotatable bonds is 6. The lowest BCUT2D eigenvalue weighted by Gasteiger charge is -2.13. The minimum Gasteiger partial charge on any atom is -0.491 e. The Morgan fingerprint density at radius 1 is 1.03 bits per heavy atom. The van der Waals surface area contributed by atoms with E-state index in [4.69, 9.17) is 21.1 Å². The van der Waals surface area contributed by atoms with Crippen LogP contribution in [0.4, 0.5) is 17.6 Å². The van der Waals surface area contributed by atoms with Crippen LogP contribution in [0.1, 0.15) is 12.5 Å². The minimum absolute atomic E-state index is 0.109. The Balaban J connectivity index is 1.88. The van der Waals surface area contributed by atoms with Crippen molar-refractivity contribution in [1.82, 2.24) is 0 Å². The highest BCUT2D eigenvalue weighted by Gasteiger charge is 2.32. The zero-order chi connectivity index (χ0) is 21.2. The molecule has 29 heavy (non-hydrogen) atoms. The summed E-state index contributed by atoms with van der Waals surface area (Å²) in [5.74, 6) is -1.06. The summed E-state index contributed by atoms with van der Waals surface area (Å²) >= 11 is 5.80. The fraction of sp³-hybridized carbons (Fsp3) is 0.200. The summed E-state index contributed by atoms with van der Waals surface area (Å²) in [5.41, 5.74) is -1.20. The molecule has 0 aliphatic rings. The molecule has 3 aromatic rings. The molecule has 0 spiro atoms. The summed E-state index contributed by atoms with van der Waals surface area (Å²) in [6.07, 6.45) is -4.72. The zero-order valence-electron chi connectivity index (χ0n) is 15.0. The van der Waals surface area contributed by atoms with E-state index in [1.165, 1.54) is 6.07 Å². The minimum atomic E-state index is -4.72. The van der Waals surface area contributed by atoms with Crippen molar-refractivity contribution in [2.24, 2.45) is 5.18 Å². The Morgan fingerprint density at radius 3 is 2.31 bits per heavy atom. The lowest BCUT2D eigenvalue weighted by atomic mass is 10.1. The van der Waals surface area contributed by atoms with E-state index in [0.29, 0.717) is 23.3 Å². The van der Waals surface area contributed by atoms with Crippen molar-refractivity contribution < 1.29 is 27.0 Å². The molecule has 3 aromatic carbocycles. The first-order chi connectivity index (χ1) is 13.7. The molecule has 9 heteroatoms. The molecule has 3 rings (SSSR count). The van der Waals surface area contributed by atoms with Crippen LogP contribution < -0.4 is 9.47 Å². The Morgan fingerprint density at radius 2 is 1.69 bits per heavy atom. The third kappa shape index (κ3) is 4.95. The van der Waals surface area contributed by atoms with Crippen LogP contribution in [0, 0.1) is 10.7 Å². The molecule has 0 N–H and O–H groups in total. The van der Waals surface area contributed by atoms with Gasteiger partial charge in [-0.2, -0.15) is 18.1 Å². The summed E-state index contributed by atoms with van der Waals surface area (Å²) in [6.45, 7) is 1.72. The van der Waals surface area contributed by atoms with Crippen LogP contribution in [0.3, 0.4) is 0 Å². The van der Waals surface area contributed by atoms with Gasteiger partial charge in [-0.05, 0) is 54.1 Å². The fourth-order valence-electron chi connectivity index (χ4n) is 2.54. The van der Waals surface area contributed by atoms with Crippen LogP contribution in [-0.2, 0) is 6.18 Å². The molecular formula is C20H14ClF4NO3. The maximum Gasteiger partial charge on any atom is 0.416 e. The average molecular weight is 428 g/mol. The summed E-state index contributed by atoms with van der Waals surface area (Å²) < 4.78 is 63.3. The third-order valence-corrected chi connectivity index (χ3v) is 4.28. The molecule has 0 aromatic heterocycles. The summed E-state index contributed by atoms with van der Waals surface area (Å²) in [4.78, 5) is 10.4. The quantitative estimate of drug-likeness (QED) is 0.315. The molecular weight excluding hydrogens is 414 g/mol. The van der Waals surface area contributed by atoms with E-state index in [1.54, 1.807) is 37.3 Å². The van der Waals surface area contributed by atoms with E-state index in [-0.39, 0.29) is 12.4 Å². The van der Waals surface area contributed by atoms with Crippen LogP contribution in [-0.4, -0.2) is 12.6 Å². The average Bonchev–Trinajstić information content (AvgIpc) is 2.67. The fourth-order valence-corrected chi connectivity index (χ4v) is 2.79. The molecule has 1 unspecified atom stereocenters. The predicted molar refractivity (Wildman–Crippen MR) is 101 cm³/mol. The molecule has 0 saturated heterocycles. The topological polar surface area (TPSA) is 47.9 Å². The Labute approximate surface area is 168 Å². The van der Waals surface area contributed by atoms with Crippen molar-refractivity contribution in [2.45, 2.75) is 19.1 Å². The first-order valence-corrected chi connectivity index (χ1v) is 8.78.